The molecule has 0 atom stereocenters. The molecule has 23 heavy (non-hydrogen) atoms. The van der Waals surface area contributed by atoms with E-state index in [1.54, 1.807) is 18.2 Å². The largest absolute Gasteiger partial charge is 0.478 e. The summed E-state index contributed by atoms with van der Waals surface area (Å²) in [6.07, 6.45) is 0. The van der Waals surface area contributed by atoms with Gasteiger partial charge >= 0.3 is 5.97 Å². The lowest BCUT2D eigenvalue weighted by atomic mass is 10.1. The Morgan fingerprint density at radius 1 is 1.17 bits per heavy atom. The van der Waals surface area contributed by atoms with Gasteiger partial charge in [0.1, 0.15) is 0 Å². The second kappa shape index (κ2) is 7.21. The molecule has 1 amide bonds. The van der Waals surface area contributed by atoms with Crippen molar-refractivity contribution in [3.05, 3.63) is 64.2 Å². The number of aryl methyl sites for hydroxylation is 1. The lowest BCUT2D eigenvalue weighted by Gasteiger charge is -2.11. The second-order valence-electron chi connectivity index (χ2n) is 4.78. The Kier molecular flexibility index (Phi) is 5.31. The molecule has 0 unspecified atom stereocenters. The summed E-state index contributed by atoms with van der Waals surface area (Å²) in [7, 11) is 0. The summed E-state index contributed by atoms with van der Waals surface area (Å²) in [5.74, 6) is -1.45. The van der Waals surface area contributed by atoms with Crippen molar-refractivity contribution >= 4 is 46.5 Å². The zero-order valence-corrected chi connectivity index (χ0v) is 13.7. The molecule has 0 saturated carbocycles. The van der Waals surface area contributed by atoms with Crippen molar-refractivity contribution < 1.29 is 14.7 Å². The molecule has 0 saturated heterocycles. The molecule has 5 nitrogen and oxygen atoms in total. The van der Waals surface area contributed by atoms with Crippen LogP contribution in [0.4, 0.5) is 5.69 Å². The number of hydrogen-bond acceptors (Lipinski definition) is 3. The van der Waals surface area contributed by atoms with Gasteiger partial charge in [-0.25, -0.2) is 4.79 Å². The fourth-order valence-corrected chi connectivity index (χ4v) is 2.36. The third kappa shape index (κ3) is 4.51. The normalized spacial score (nSPS) is 10.0. The van der Waals surface area contributed by atoms with Crippen molar-refractivity contribution in [1.29, 1.82) is 0 Å². The minimum absolute atomic E-state index is 0.00747. The highest BCUT2D eigenvalue weighted by molar-refractivity contribution is 7.80. The van der Waals surface area contributed by atoms with E-state index in [1.807, 2.05) is 13.0 Å². The van der Waals surface area contributed by atoms with E-state index in [1.165, 1.54) is 18.2 Å². The highest BCUT2D eigenvalue weighted by Crippen LogP contribution is 2.21. The maximum atomic E-state index is 12.1. The molecule has 0 aliphatic heterocycles. The second-order valence-corrected chi connectivity index (χ2v) is 5.59. The van der Waals surface area contributed by atoms with E-state index in [-0.39, 0.29) is 21.6 Å². The van der Waals surface area contributed by atoms with Crippen molar-refractivity contribution in [2.24, 2.45) is 0 Å². The first-order valence-electron chi connectivity index (χ1n) is 6.58. The Bertz CT molecular complexity index is 793. The van der Waals surface area contributed by atoms with Gasteiger partial charge in [-0.2, -0.15) is 0 Å². The molecule has 0 radical (unpaired) electrons. The Morgan fingerprint density at radius 3 is 2.52 bits per heavy atom. The monoisotopic (exact) mass is 348 g/mol. The van der Waals surface area contributed by atoms with Gasteiger partial charge in [0.15, 0.2) is 5.11 Å². The van der Waals surface area contributed by atoms with Crippen LogP contribution in [0.3, 0.4) is 0 Å². The highest BCUT2D eigenvalue weighted by atomic mass is 35.5. The lowest BCUT2D eigenvalue weighted by Crippen LogP contribution is -2.34. The third-order valence-electron chi connectivity index (χ3n) is 2.96. The maximum absolute atomic E-state index is 12.1. The van der Waals surface area contributed by atoms with E-state index in [0.717, 1.165) is 5.56 Å². The fraction of sp³-hybridized carbons (Fsp3) is 0.0625. The van der Waals surface area contributed by atoms with Gasteiger partial charge < -0.3 is 10.4 Å². The van der Waals surface area contributed by atoms with Gasteiger partial charge in [0.25, 0.3) is 5.91 Å². The summed E-state index contributed by atoms with van der Waals surface area (Å²) >= 11 is 10.9. The van der Waals surface area contributed by atoms with Crippen molar-refractivity contribution in [2.45, 2.75) is 6.92 Å². The molecule has 118 valence electrons. The van der Waals surface area contributed by atoms with Crippen molar-refractivity contribution in [1.82, 2.24) is 5.32 Å². The van der Waals surface area contributed by atoms with E-state index >= 15 is 0 Å². The first-order chi connectivity index (χ1) is 10.9. The van der Waals surface area contributed by atoms with Crippen molar-refractivity contribution in [2.75, 3.05) is 5.32 Å². The van der Waals surface area contributed by atoms with Crippen LogP contribution in [0.25, 0.3) is 0 Å². The highest BCUT2D eigenvalue weighted by Gasteiger charge is 2.11. The average Bonchev–Trinajstić information content (AvgIpc) is 2.46. The maximum Gasteiger partial charge on any atom is 0.337 e. The van der Waals surface area contributed by atoms with Crippen LogP contribution in [0.15, 0.2) is 42.5 Å². The first kappa shape index (κ1) is 16.9. The van der Waals surface area contributed by atoms with E-state index in [2.05, 4.69) is 10.6 Å². The zero-order valence-electron chi connectivity index (χ0n) is 12.1. The molecule has 7 heteroatoms. The van der Waals surface area contributed by atoms with Gasteiger partial charge in [0.05, 0.1) is 10.6 Å². The van der Waals surface area contributed by atoms with Crippen LogP contribution in [0.5, 0.6) is 0 Å². The molecule has 0 fully saturated rings. The van der Waals surface area contributed by atoms with Crippen LogP contribution in [-0.2, 0) is 0 Å². The molecule has 0 heterocycles. The molecular weight excluding hydrogens is 336 g/mol. The van der Waals surface area contributed by atoms with Crippen LogP contribution in [0.2, 0.25) is 5.02 Å². The average molecular weight is 349 g/mol. The summed E-state index contributed by atoms with van der Waals surface area (Å²) in [5, 5.41) is 14.4. The molecule has 0 aliphatic rings. The number of carbonyl (C=O) groups excluding carboxylic acids is 1. The lowest BCUT2D eigenvalue weighted by molar-refractivity contribution is 0.0697. The molecule has 0 aromatic heterocycles. The molecular formula is C16H13ClN2O3S. The Balaban J connectivity index is 2.03. The molecule has 0 spiro atoms. The molecule has 0 aliphatic carbocycles. The summed E-state index contributed by atoms with van der Waals surface area (Å²) < 4.78 is 0. The van der Waals surface area contributed by atoms with Gasteiger partial charge in [-0.15, -0.1) is 0 Å². The van der Waals surface area contributed by atoms with E-state index in [0.29, 0.717) is 11.3 Å². The van der Waals surface area contributed by atoms with E-state index in [9.17, 15) is 9.59 Å². The molecule has 0 bridgehead atoms. The predicted molar refractivity (Wildman–Crippen MR) is 93.3 cm³/mol. The van der Waals surface area contributed by atoms with Crippen LogP contribution in [0, 0.1) is 6.92 Å². The van der Waals surface area contributed by atoms with Crippen LogP contribution in [0.1, 0.15) is 26.3 Å². The summed E-state index contributed by atoms with van der Waals surface area (Å²) in [6.45, 7) is 1.89. The number of amides is 1. The van der Waals surface area contributed by atoms with Crippen molar-refractivity contribution in [3.63, 3.8) is 0 Å². The third-order valence-corrected chi connectivity index (χ3v) is 3.48. The number of carboxylic acids is 1. The number of halogens is 1. The van der Waals surface area contributed by atoms with Gasteiger partial charge in [-0.1, -0.05) is 29.3 Å². The van der Waals surface area contributed by atoms with Gasteiger partial charge in [-0.3, -0.25) is 10.1 Å². The van der Waals surface area contributed by atoms with Crippen LogP contribution < -0.4 is 10.6 Å². The van der Waals surface area contributed by atoms with Crippen LogP contribution >= 0.6 is 23.8 Å². The quantitative estimate of drug-likeness (QED) is 0.740. The Morgan fingerprint density at radius 2 is 1.91 bits per heavy atom. The number of nitrogens with one attached hydrogen (secondary N) is 2. The topological polar surface area (TPSA) is 78.4 Å². The molecule has 2 rings (SSSR count). The standard InChI is InChI=1S/C16H13ClN2O3S/c1-9-3-2-4-10(7-9)14(20)19-16(23)18-11-5-6-12(15(21)22)13(17)8-11/h2-8H,1H3,(H,21,22)(H2,18,19,20,23). The summed E-state index contributed by atoms with van der Waals surface area (Å²) in [5.41, 5.74) is 1.93. The fourth-order valence-electron chi connectivity index (χ4n) is 1.89. The number of aromatic carboxylic acids is 1. The molecule has 3 N–H and O–H groups in total. The van der Waals surface area contributed by atoms with Gasteiger partial charge in [-0.05, 0) is 49.5 Å². The molecule has 2 aromatic rings. The number of anilines is 1. The van der Waals surface area contributed by atoms with Crippen molar-refractivity contribution in [3.8, 4) is 0 Å². The number of carboxylic acid groups (broad SMARTS) is 1. The zero-order chi connectivity index (χ0) is 17.0. The van der Waals surface area contributed by atoms with E-state index in [4.69, 9.17) is 28.9 Å². The number of benzene rings is 2. The number of thiocarbonyl (C=S) groups is 1. The summed E-state index contributed by atoms with van der Waals surface area (Å²) in [4.78, 5) is 23.0. The smallest absolute Gasteiger partial charge is 0.337 e. The summed E-state index contributed by atoms with van der Waals surface area (Å²) in [6, 6.07) is 11.4. The van der Waals surface area contributed by atoms with Crippen LogP contribution in [-0.4, -0.2) is 22.1 Å². The van der Waals surface area contributed by atoms with Gasteiger partial charge in [0.2, 0.25) is 0 Å². The first-order valence-corrected chi connectivity index (χ1v) is 7.37. The number of hydrogen-bond donors (Lipinski definition) is 3. The van der Waals surface area contributed by atoms with E-state index < -0.39 is 5.97 Å². The Labute approximate surface area is 143 Å². The predicted octanol–water partition coefficient (Wildman–Crippen LogP) is 3.47. The SMILES string of the molecule is Cc1cccc(C(=O)NC(=S)Nc2ccc(C(=O)O)c(Cl)c2)c1. The molecule has 2 aromatic carbocycles. The Hall–Kier alpha value is -2.44. The number of carbonyl (C=O) groups is 2. The minimum Gasteiger partial charge on any atom is -0.478 e. The minimum atomic E-state index is -1.11. The number of rotatable bonds is 3. The van der Waals surface area contributed by atoms with Gasteiger partial charge in [0, 0.05) is 11.3 Å².